The molecule has 1 unspecified atom stereocenters. The summed E-state index contributed by atoms with van der Waals surface area (Å²) in [5, 5.41) is 0.692. The fourth-order valence-electron chi connectivity index (χ4n) is 1.22. The highest BCUT2D eigenvalue weighted by atomic mass is 35.5. The first-order valence-corrected chi connectivity index (χ1v) is 5.38. The Hall–Kier alpha value is -0.530. The zero-order valence-electron chi connectivity index (χ0n) is 7.75. The van der Waals surface area contributed by atoms with Crippen LogP contribution in [0.5, 0.6) is 0 Å². The van der Waals surface area contributed by atoms with Crippen LogP contribution in [0, 0.1) is 0 Å². The van der Waals surface area contributed by atoms with Crippen molar-refractivity contribution in [3.63, 3.8) is 0 Å². The summed E-state index contributed by atoms with van der Waals surface area (Å²) in [6.07, 6.45) is 3.16. The van der Waals surface area contributed by atoms with Gasteiger partial charge in [-0.3, -0.25) is 0 Å². The molecular weight excluding hydrogens is 219 g/mol. The first-order valence-electron chi connectivity index (χ1n) is 4.57. The highest BCUT2D eigenvalue weighted by Gasteiger charge is 2.06. The summed E-state index contributed by atoms with van der Waals surface area (Å²) in [7, 11) is 0. The number of rotatable bonds is 5. The predicted molar refractivity (Wildman–Crippen MR) is 60.0 cm³/mol. The minimum Gasteiger partial charge on any atom is -0.303 e. The summed E-state index contributed by atoms with van der Waals surface area (Å²) in [5.74, 6) is 0. The van der Waals surface area contributed by atoms with Crippen molar-refractivity contribution in [3.05, 3.63) is 34.9 Å². The average Bonchev–Trinajstić information content (AvgIpc) is 2.19. The van der Waals surface area contributed by atoms with E-state index in [0.29, 0.717) is 11.4 Å². The Morgan fingerprint density at radius 3 is 2.50 bits per heavy atom. The summed E-state index contributed by atoms with van der Waals surface area (Å²) >= 11 is 11.9. The zero-order chi connectivity index (χ0) is 10.4. The number of benzene rings is 1. The third kappa shape index (κ3) is 3.69. The molecule has 0 bridgehead atoms. The molecule has 0 radical (unpaired) electrons. The third-order valence-electron chi connectivity index (χ3n) is 2.01. The van der Waals surface area contributed by atoms with Gasteiger partial charge in [-0.25, -0.2) is 0 Å². The molecule has 1 aromatic carbocycles. The van der Waals surface area contributed by atoms with Crippen LogP contribution in [0.4, 0.5) is 0 Å². The minimum absolute atomic E-state index is 0.0211. The second-order valence-corrected chi connectivity index (χ2v) is 4.08. The van der Waals surface area contributed by atoms with Gasteiger partial charge in [-0.05, 0) is 30.5 Å². The summed E-state index contributed by atoms with van der Waals surface area (Å²) in [6, 6.07) is 7.49. The molecule has 0 aliphatic rings. The minimum atomic E-state index is -0.0211. The van der Waals surface area contributed by atoms with E-state index < -0.39 is 0 Å². The van der Waals surface area contributed by atoms with Crippen LogP contribution < -0.4 is 0 Å². The van der Waals surface area contributed by atoms with Crippen molar-refractivity contribution in [2.24, 2.45) is 0 Å². The monoisotopic (exact) mass is 230 g/mol. The molecule has 0 aliphatic carbocycles. The van der Waals surface area contributed by atoms with Gasteiger partial charge in [0.1, 0.15) is 6.29 Å². The van der Waals surface area contributed by atoms with Gasteiger partial charge >= 0.3 is 0 Å². The lowest BCUT2D eigenvalue weighted by Gasteiger charge is -2.08. The highest BCUT2D eigenvalue weighted by molar-refractivity contribution is 6.30. The molecule has 0 aliphatic heterocycles. The molecule has 0 saturated heterocycles. The van der Waals surface area contributed by atoms with Gasteiger partial charge in [-0.2, -0.15) is 0 Å². The normalized spacial score (nSPS) is 12.4. The van der Waals surface area contributed by atoms with Crippen LogP contribution in [0.25, 0.3) is 0 Å². The highest BCUT2D eigenvalue weighted by Crippen LogP contribution is 2.26. The van der Waals surface area contributed by atoms with Crippen molar-refractivity contribution in [2.45, 2.75) is 24.6 Å². The number of unbranched alkanes of at least 4 members (excludes halogenated alkanes) is 1. The lowest BCUT2D eigenvalue weighted by atomic mass is 10.1. The van der Waals surface area contributed by atoms with Crippen LogP contribution in [0.2, 0.25) is 5.02 Å². The number of alkyl halides is 1. The van der Waals surface area contributed by atoms with E-state index in [9.17, 15) is 4.79 Å². The molecular formula is C11H12Cl2O. The van der Waals surface area contributed by atoms with Gasteiger partial charge in [0.15, 0.2) is 0 Å². The number of hydrogen-bond donors (Lipinski definition) is 0. The Bertz CT molecular complexity index is 282. The first kappa shape index (κ1) is 11.5. The van der Waals surface area contributed by atoms with Gasteiger partial charge < -0.3 is 4.79 Å². The quantitative estimate of drug-likeness (QED) is 0.425. The van der Waals surface area contributed by atoms with E-state index in [4.69, 9.17) is 23.2 Å². The average molecular weight is 231 g/mol. The van der Waals surface area contributed by atoms with Crippen LogP contribution in [0.1, 0.15) is 30.2 Å². The Balaban J connectivity index is 2.47. The van der Waals surface area contributed by atoms with Crippen LogP contribution in [0.3, 0.4) is 0 Å². The molecule has 1 atom stereocenters. The van der Waals surface area contributed by atoms with E-state index in [-0.39, 0.29) is 5.38 Å². The molecule has 1 nitrogen and oxygen atoms in total. The predicted octanol–water partition coefficient (Wildman–Crippen LogP) is 3.99. The number of aldehydes is 1. The van der Waals surface area contributed by atoms with Crippen LogP contribution >= 0.6 is 23.2 Å². The first-order chi connectivity index (χ1) is 6.74. The van der Waals surface area contributed by atoms with Crippen molar-refractivity contribution in [3.8, 4) is 0 Å². The Morgan fingerprint density at radius 1 is 1.29 bits per heavy atom. The van der Waals surface area contributed by atoms with E-state index in [1.54, 1.807) is 0 Å². The van der Waals surface area contributed by atoms with Gasteiger partial charge in [0.2, 0.25) is 0 Å². The third-order valence-corrected chi connectivity index (χ3v) is 2.73. The van der Waals surface area contributed by atoms with Gasteiger partial charge in [-0.1, -0.05) is 23.7 Å². The fourth-order valence-corrected chi connectivity index (χ4v) is 1.64. The van der Waals surface area contributed by atoms with Gasteiger partial charge in [0.05, 0.1) is 5.38 Å². The molecule has 76 valence electrons. The van der Waals surface area contributed by atoms with Crippen LogP contribution in [0.15, 0.2) is 24.3 Å². The van der Waals surface area contributed by atoms with E-state index in [1.165, 1.54) is 0 Å². The van der Waals surface area contributed by atoms with Gasteiger partial charge in [0, 0.05) is 11.4 Å². The van der Waals surface area contributed by atoms with E-state index in [0.717, 1.165) is 24.7 Å². The molecule has 3 heteroatoms. The fraction of sp³-hybridized carbons (Fsp3) is 0.364. The van der Waals surface area contributed by atoms with Crippen LogP contribution in [-0.2, 0) is 4.79 Å². The largest absolute Gasteiger partial charge is 0.303 e. The summed E-state index contributed by atoms with van der Waals surface area (Å²) < 4.78 is 0. The maximum atomic E-state index is 10.1. The van der Waals surface area contributed by atoms with E-state index in [2.05, 4.69) is 0 Å². The van der Waals surface area contributed by atoms with E-state index in [1.807, 2.05) is 24.3 Å². The topological polar surface area (TPSA) is 17.1 Å². The number of carbonyl (C=O) groups is 1. The smallest absolute Gasteiger partial charge is 0.119 e. The van der Waals surface area contributed by atoms with Crippen molar-refractivity contribution < 1.29 is 4.79 Å². The van der Waals surface area contributed by atoms with E-state index >= 15 is 0 Å². The summed E-state index contributed by atoms with van der Waals surface area (Å²) in [4.78, 5) is 10.1. The van der Waals surface area contributed by atoms with Crippen molar-refractivity contribution >= 4 is 29.5 Å². The SMILES string of the molecule is O=CCCCC(Cl)c1ccc(Cl)cc1. The van der Waals surface area contributed by atoms with Crippen LogP contribution in [-0.4, -0.2) is 6.29 Å². The molecule has 0 heterocycles. The summed E-state index contributed by atoms with van der Waals surface area (Å²) in [6.45, 7) is 0. The Kier molecular flexibility index (Phi) is 4.99. The second-order valence-electron chi connectivity index (χ2n) is 3.12. The maximum Gasteiger partial charge on any atom is 0.119 e. The van der Waals surface area contributed by atoms with Gasteiger partial charge in [-0.15, -0.1) is 11.6 Å². The van der Waals surface area contributed by atoms with Crippen molar-refractivity contribution in [2.75, 3.05) is 0 Å². The van der Waals surface area contributed by atoms with Gasteiger partial charge in [0.25, 0.3) is 0 Å². The molecule has 1 aromatic rings. The van der Waals surface area contributed by atoms with Crippen molar-refractivity contribution in [1.29, 1.82) is 0 Å². The number of hydrogen-bond acceptors (Lipinski definition) is 1. The van der Waals surface area contributed by atoms with Crippen molar-refractivity contribution in [1.82, 2.24) is 0 Å². The standard InChI is InChI=1S/C11H12Cl2O/c12-10-6-4-9(5-7-10)11(13)3-1-2-8-14/h4-8,11H,1-3H2. The molecule has 0 spiro atoms. The number of halogens is 2. The Morgan fingerprint density at radius 2 is 1.93 bits per heavy atom. The number of carbonyl (C=O) groups excluding carboxylic acids is 1. The maximum absolute atomic E-state index is 10.1. The Labute approximate surface area is 94.0 Å². The lowest BCUT2D eigenvalue weighted by molar-refractivity contribution is -0.107. The molecule has 0 fully saturated rings. The molecule has 14 heavy (non-hydrogen) atoms. The zero-order valence-corrected chi connectivity index (χ0v) is 9.26. The molecule has 1 rings (SSSR count). The molecule has 0 amide bonds. The molecule has 0 saturated carbocycles. The summed E-state index contributed by atoms with van der Waals surface area (Å²) in [5.41, 5.74) is 1.06. The lowest BCUT2D eigenvalue weighted by Crippen LogP contribution is -1.90. The molecule has 0 N–H and O–H groups in total. The second kappa shape index (κ2) is 6.05. The molecule has 0 aromatic heterocycles.